The number of nitrogens with one attached hydrogen (secondary N) is 1. The Bertz CT molecular complexity index is 1500. The Kier molecular flexibility index (Phi) is 6.47. The van der Waals surface area contributed by atoms with Crippen LogP contribution >= 0.6 is 12.2 Å². The van der Waals surface area contributed by atoms with E-state index >= 15 is 0 Å². The van der Waals surface area contributed by atoms with Crippen molar-refractivity contribution in [2.75, 3.05) is 11.5 Å². The van der Waals surface area contributed by atoms with E-state index < -0.39 is 11.8 Å². The van der Waals surface area contributed by atoms with Crippen molar-refractivity contribution < 1.29 is 19.1 Å². The molecule has 0 bridgehead atoms. The van der Waals surface area contributed by atoms with Crippen molar-refractivity contribution in [2.24, 2.45) is 0 Å². The summed E-state index contributed by atoms with van der Waals surface area (Å²) >= 11 is 5.35. The molecule has 0 unspecified atom stereocenters. The number of carbonyl (C=O) groups is 2. The molecule has 0 atom stereocenters. The summed E-state index contributed by atoms with van der Waals surface area (Å²) in [6.07, 6.45) is 1.58. The fraction of sp³-hybridized carbons (Fsp3) is 0.0690. The van der Waals surface area contributed by atoms with Gasteiger partial charge in [0.1, 0.15) is 22.8 Å². The van der Waals surface area contributed by atoms with E-state index in [4.69, 9.17) is 21.7 Å². The summed E-state index contributed by atoms with van der Waals surface area (Å²) in [6, 6.07) is 27.9. The summed E-state index contributed by atoms with van der Waals surface area (Å²) in [4.78, 5) is 27.8. The van der Waals surface area contributed by atoms with E-state index in [0.717, 1.165) is 10.8 Å². The van der Waals surface area contributed by atoms with Gasteiger partial charge in [-0.1, -0.05) is 48.5 Å². The molecule has 178 valence electrons. The third kappa shape index (κ3) is 4.56. The number of benzene rings is 4. The fourth-order valence-corrected chi connectivity index (χ4v) is 4.31. The van der Waals surface area contributed by atoms with E-state index in [2.05, 4.69) is 5.32 Å². The smallest absolute Gasteiger partial charge is 0.270 e. The topological polar surface area (TPSA) is 67.9 Å². The van der Waals surface area contributed by atoms with Crippen LogP contribution in [0.25, 0.3) is 16.8 Å². The van der Waals surface area contributed by atoms with Crippen LogP contribution in [-0.2, 0) is 9.59 Å². The van der Waals surface area contributed by atoms with Gasteiger partial charge in [-0.25, -0.2) is 0 Å². The highest BCUT2D eigenvalue weighted by Crippen LogP contribution is 2.32. The first-order valence-electron chi connectivity index (χ1n) is 11.4. The summed E-state index contributed by atoms with van der Waals surface area (Å²) in [6.45, 7) is 2.33. The summed E-state index contributed by atoms with van der Waals surface area (Å²) in [5, 5.41) is 4.50. The van der Waals surface area contributed by atoms with Crippen LogP contribution in [0, 0.1) is 0 Å². The Morgan fingerprint density at radius 3 is 2.31 bits per heavy atom. The van der Waals surface area contributed by atoms with Gasteiger partial charge in [0, 0.05) is 5.56 Å². The Hall–Kier alpha value is -4.49. The number of nitrogens with zero attached hydrogens (tertiary/aromatic N) is 1. The standard InChI is InChI=1S/C29H22N2O4S/c1-2-34-26-17-12-19-8-6-7-11-23(19)24(26)18-25-27(32)30-29(36)31(28(25)33)20-13-15-22(16-14-20)35-21-9-4-3-5-10-21/h3-18H,2H2,1H3,(H,30,32,36)/b25-18+. The number of rotatable bonds is 6. The summed E-state index contributed by atoms with van der Waals surface area (Å²) in [5.74, 6) is 0.827. The van der Waals surface area contributed by atoms with Crippen LogP contribution in [-0.4, -0.2) is 23.5 Å². The van der Waals surface area contributed by atoms with Crippen molar-refractivity contribution in [3.05, 3.63) is 102 Å². The van der Waals surface area contributed by atoms with Crippen LogP contribution in [0.15, 0.2) is 96.6 Å². The Morgan fingerprint density at radius 2 is 1.56 bits per heavy atom. The summed E-state index contributed by atoms with van der Waals surface area (Å²) < 4.78 is 11.6. The molecule has 4 aromatic rings. The maximum absolute atomic E-state index is 13.6. The summed E-state index contributed by atoms with van der Waals surface area (Å²) in [7, 11) is 0. The number of para-hydroxylation sites is 1. The molecule has 36 heavy (non-hydrogen) atoms. The zero-order valence-corrected chi connectivity index (χ0v) is 20.2. The molecule has 0 aromatic heterocycles. The van der Waals surface area contributed by atoms with Crippen molar-refractivity contribution in [3.8, 4) is 17.2 Å². The molecule has 0 aliphatic carbocycles. The number of fused-ring (bicyclic) bond motifs is 1. The molecule has 0 radical (unpaired) electrons. The lowest BCUT2D eigenvalue weighted by molar-refractivity contribution is -0.122. The van der Waals surface area contributed by atoms with Crippen LogP contribution < -0.4 is 19.7 Å². The molecule has 7 heteroatoms. The molecule has 1 N–H and O–H groups in total. The van der Waals surface area contributed by atoms with Gasteiger partial charge >= 0.3 is 0 Å². The molecule has 1 heterocycles. The van der Waals surface area contributed by atoms with E-state index in [0.29, 0.717) is 35.1 Å². The van der Waals surface area contributed by atoms with Gasteiger partial charge in [0.25, 0.3) is 11.8 Å². The minimum atomic E-state index is -0.555. The zero-order valence-electron chi connectivity index (χ0n) is 19.4. The third-order valence-corrected chi connectivity index (χ3v) is 5.98. The first kappa shape index (κ1) is 23.3. The average Bonchev–Trinajstić information content (AvgIpc) is 2.89. The van der Waals surface area contributed by atoms with E-state index in [-0.39, 0.29) is 10.7 Å². The molecule has 1 saturated heterocycles. The van der Waals surface area contributed by atoms with Crippen LogP contribution in [0.1, 0.15) is 12.5 Å². The first-order chi connectivity index (χ1) is 17.5. The van der Waals surface area contributed by atoms with Gasteiger partial charge in [-0.2, -0.15) is 0 Å². The lowest BCUT2D eigenvalue weighted by Crippen LogP contribution is -2.54. The van der Waals surface area contributed by atoms with Gasteiger partial charge in [0.05, 0.1) is 12.3 Å². The van der Waals surface area contributed by atoms with Gasteiger partial charge in [-0.3, -0.25) is 19.8 Å². The molecule has 2 amide bonds. The number of thiocarbonyl (C=S) groups is 1. The normalized spacial score (nSPS) is 14.8. The van der Waals surface area contributed by atoms with Crippen LogP contribution in [0.5, 0.6) is 17.2 Å². The van der Waals surface area contributed by atoms with Crippen molar-refractivity contribution in [1.29, 1.82) is 0 Å². The molecule has 1 fully saturated rings. The maximum Gasteiger partial charge on any atom is 0.270 e. The number of anilines is 1. The SMILES string of the molecule is CCOc1ccc2ccccc2c1/C=C1\C(=O)NC(=S)N(c2ccc(Oc3ccccc3)cc2)C1=O. The van der Waals surface area contributed by atoms with Crippen LogP contribution in [0.3, 0.4) is 0 Å². The second kappa shape index (κ2) is 10.0. The van der Waals surface area contributed by atoms with Gasteiger partial charge in [0.2, 0.25) is 0 Å². The number of ether oxygens (including phenoxy) is 2. The van der Waals surface area contributed by atoms with E-state index in [1.165, 1.54) is 4.90 Å². The number of hydrogen-bond donors (Lipinski definition) is 1. The Morgan fingerprint density at radius 1 is 0.861 bits per heavy atom. The predicted molar refractivity (Wildman–Crippen MR) is 144 cm³/mol. The van der Waals surface area contributed by atoms with Crippen molar-refractivity contribution in [2.45, 2.75) is 6.92 Å². The molecular weight excluding hydrogens is 472 g/mol. The molecule has 0 spiro atoms. The largest absolute Gasteiger partial charge is 0.493 e. The van der Waals surface area contributed by atoms with E-state index in [9.17, 15) is 9.59 Å². The number of amides is 2. The van der Waals surface area contributed by atoms with Gasteiger partial charge in [-0.15, -0.1) is 0 Å². The number of carbonyl (C=O) groups excluding carboxylic acids is 2. The Labute approximate surface area is 213 Å². The van der Waals surface area contributed by atoms with Crippen molar-refractivity contribution >= 4 is 51.7 Å². The second-order valence-corrected chi connectivity index (χ2v) is 8.39. The zero-order chi connectivity index (χ0) is 25.1. The van der Waals surface area contributed by atoms with Crippen molar-refractivity contribution in [1.82, 2.24) is 5.32 Å². The maximum atomic E-state index is 13.6. The van der Waals surface area contributed by atoms with Crippen LogP contribution in [0.2, 0.25) is 0 Å². The van der Waals surface area contributed by atoms with E-state index in [1.54, 1.807) is 30.3 Å². The minimum absolute atomic E-state index is 0.0156. The van der Waals surface area contributed by atoms with Crippen molar-refractivity contribution in [3.63, 3.8) is 0 Å². The quantitative estimate of drug-likeness (QED) is 0.207. The highest BCUT2D eigenvalue weighted by atomic mass is 32.1. The molecular formula is C29H22N2O4S. The first-order valence-corrected chi connectivity index (χ1v) is 11.8. The highest BCUT2D eigenvalue weighted by Gasteiger charge is 2.35. The van der Waals surface area contributed by atoms with Gasteiger partial charge < -0.3 is 9.47 Å². The minimum Gasteiger partial charge on any atom is -0.493 e. The van der Waals surface area contributed by atoms with Gasteiger partial charge in [-0.05, 0) is 78.5 Å². The molecule has 1 aliphatic heterocycles. The molecule has 6 nitrogen and oxygen atoms in total. The molecule has 0 saturated carbocycles. The van der Waals surface area contributed by atoms with E-state index in [1.807, 2.05) is 73.7 Å². The van der Waals surface area contributed by atoms with Crippen LogP contribution in [0.4, 0.5) is 5.69 Å². The number of hydrogen-bond acceptors (Lipinski definition) is 5. The molecule has 4 aromatic carbocycles. The third-order valence-electron chi connectivity index (χ3n) is 5.69. The molecule has 1 aliphatic rings. The average molecular weight is 495 g/mol. The summed E-state index contributed by atoms with van der Waals surface area (Å²) in [5.41, 5.74) is 1.14. The monoisotopic (exact) mass is 494 g/mol. The highest BCUT2D eigenvalue weighted by molar-refractivity contribution is 7.80. The lowest BCUT2D eigenvalue weighted by Gasteiger charge is -2.29. The van der Waals surface area contributed by atoms with Gasteiger partial charge in [0.15, 0.2) is 5.11 Å². The molecule has 5 rings (SSSR count). The second-order valence-electron chi connectivity index (χ2n) is 8.00. The predicted octanol–water partition coefficient (Wildman–Crippen LogP) is 5.86. The lowest BCUT2D eigenvalue weighted by atomic mass is 9.99. The Balaban J connectivity index is 1.50. The fourth-order valence-electron chi connectivity index (χ4n) is 4.03.